The van der Waals surface area contributed by atoms with Crippen LogP contribution in [0.5, 0.6) is 5.75 Å². The summed E-state index contributed by atoms with van der Waals surface area (Å²) >= 11 is 0. The lowest BCUT2D eigenvalue weighted by atomic mass is 9.82. The van der Waals surface area contributed by atoms with Crippen LogP contribution in [0, 0.1) is 12.8 Å². The van der Waals surface area contributed by atoms with Gasteiger partial charge in [-0.05, 0) is 64.6 Å². The van der Waals surface area contributed by atoms with Crippen molar-refractivity contribution in [1.29, 1.82) is 0 Å². The molecule has 6 N–H and O–H groups in total. The number of fused-ring (bicyclic) bond motifs is 5. The third-order valence-corrected chi connectivity index (χ3v) is 16.2. The van der Waals surface area contributed by atoms with Gasteiger partial charge in [0.25, 0.3) is 11.1 Å². The first-order chi connectivity index (χ1) is 35.1. The summed E-state index contributed by atoms with van der Waals surface area (Å²) in [5.74, 6) is -0.623. The van der Waals surface area contributed by atoms with E-state index in [4.69, 9.17) is 30.7 Å². The van der Waals surface area contributed by atoms with Gasteiger partial charge in [-0.15, -0.1) is 0 Å². The first-order valence-corrected chi connectivity index (χ1v) is 25.8. The zero-order valence-electron chi connectivity index (χ0n) is 43.4. The van der Waals surface area contributed by atoms with Crippen molar-refractivity contribution in [2.24, 2.45) is 31.5 Å². The molecule has 4 aliphatic heterocycles. The Morgan fingerprint density at radius 2 is 1.66 bits per heavy atom. The predicted molar refractivity (Wildman–Crippen MR) is 276 cm³/mol. The molecule has 3 aromatic heterocycles. The second kappa shape index (κ2) is 20.7. The van der Waals surface area contributed by atoms with E-state index in [-0.39, 0.29) is 63.2 Å². The number of aryl methyl sites for hydroxylation is 2. The monoisotopic (exact) mass is 1040 g/mol. The molecule has 4 atom stereocenters. The number of aromatic amines is 1. The van der Waals surface area contributed by atoms with Gasteiger partial charge in [0.15, 0.2) is 11.2 Å². The highest BCUT2D eigenvalue weighted by Crippen LogP contribution is 2.55. The minimum atomic E-state index is -3.70. The first-order valence-electron chi connectivity index (χ1n) is 24.4. The number of amides is 1. The molecule has 5 aromatic rings. The van der Waals surface area contributed by atoms with Crippen LogP contribution < -0.4 is 37.5 Å². The number of allylic oxidation sites excluding steroid dienone is 2. The number of ether oxygens (including phenoxy) is 3. The lowest BCUT2D eigenvalue weighted by Gasteiger charge is -2.39. The normalized spacial score (nSPS) is 21.4. The third-order valence-electron chi connectivity index (χ3n) is 14.3. The molecule has 0 radical (unpaired) electrons. The number of nitrogens with one attached hydrogen (secondary N) is 2. The number of ketones is 2. The minimum absolute atomic E-state index is 0.0150. The molecule has 396 valence electrons. The lowest BCUT2D eigenvalue weighted by molar-refractivity contribution is -0.137. The van der Waals surface area contributed by atoms with E-state index < -0.39 is 33.5 Å². The van der Waals surface area contributed by atoms with Crippen LogP contribution in [0.4, 0.5) is 10.5 Å². The first kappa shape index (κ1) is 53.2. The molecule has 2 aromatic carbocycles. The molecule has 74 heavy (non-hydrogen) atoms. The Labute approximate surface area is 428 Å². The summed E-state index contributed by atoms with van der Waals surface area (Å²) in [6.07, 6.45) is 0.594. The number of nitrogens with two attached hydrogens (primary N) is 2. The number of methoxy groups -OCH3 is 1. The number of hydrogen-bond acceptors (Lipinski definition) is 17. The Morgan fingerprint density at radius 3 is 2.27 bits per heavy atom. The summed E-state index contributed by atoms with van der Waals surface area (Å²) in [6.45, 7) is 10.4. The average molecular weight is 1040 g/mol. The number of rotatable bonds is 12. The average Bonchev–Trinajstić information content (AvgIpc) is 3.74. The van der Waals surface area contributed by atoms with Crippen LogP contribution in [-0.4, -0.2) is 161 Å². The van der Waals surface area contributed by atoms with E-state index in [1.165, 1.54) is 23.0 Å². The Bertz CT molecular complexity index is 3330. The largest absolute Gasteiger partial charge is 0.493 e. The highest BCUT2D eigenvalue weighted by atomic mass is 32.2. The van der Waals surface area contributed by atoms with Gasteiger partial charge in [-0.3, -0.25) is 28.5 Å². The second-order valence-corrected chi connectivity index (χ2v) is 20.9. The fraction of sp³-hybridized carbons (Fsp3) is 0.460. The fourth-order valence-corrected chi connectivity index (χ4v) is 11.9. The molecule has 1 aliphatic carbocycles. The topological polar surface area (TPSA) is 290 Å². The summed E-state index contributed by atoms with van der Waals surface area (Å²) in [4.78, 5) is 75.3. The van der Waals surface area contributed by atoms with Crippen molar-refractivity contribution in [2.45, 2.75) is 63.2 Å². The molecule has 7 heterocycles. The maximum atomic E-state index is 13.3. The molecule has 3 saturated heterocycles. The van der Waals surface area contributed by atoms with Gasteiger partial charge in [0.05, 0.1) is 57.5 Å². The number of anilines is 1. The van der Waals surface area contributed by atoms with E-state index in [9.17, 15) is 32.4 Å². The lowest BCUT2D eigenvalue weighted by Crippen LogP contribution is -2.55. The number of likely N-dealkylation sites (N-methyl/N-ethyl adjacent to an activating group) is 1. The molecule has 0 saturated carbocycles. The van der Waals surface area contributed by atoms with Crippen molar-refractivity contribution in [2.75, 3.05) is 79.1 Å². The number of piperazine rings is 2. The maximum absolute atomic E-state index is 13.3. The van der Waals surface area contributed by atoms with Crippen LogP contribution in [0.15, 0.2) is 85.6 Å². The van der Waals surface area contributed by atoms with Crippen LogP contribution in [0.1, 0.15) is 38.6 Å². The fourth-order valence-electron chi connectivity index (χ4n) is 10.5. The smallest absolute Gasteiger partial charge is 0.404 e. The Hall–Kier alpha value is -7.12. The molecular formula is C50H65N13O10S. The molecule has 0 bridgehead atoms. The SMILES string of the molecule is CCCc1nn(C)c2c(=O)[nH]c(-c3cc(S(=O)(=O)N4CCN(C)CC4)ccc3OCC)nc12.CO[C@@]12[C@H](COC(N)=O)C3=C(C(=O)C(C)=C(N)C3=O)N1C[C@@H]1N[C@@H]12.Cc1c(N(C)C)c(=O)n(-c2ccccc2)n1C. The van der Waals surface area contributed by atoms with Gasteiger partial charge >= 0.3 is 6.09 Å². The molecule has 23 nitrogen and oxygen atoms in total. The highest BCUT2D eigenvalue weighted by Gasteiger charge is 2.72. The Kier molecular flexibility index (Phi) is 14.8. The number of carbonyl (C=O) groups is 3. The van der Waals surface area contributed by atoms with Crippen LogP contribution in [0.2, 0.25) is 0 Å². The van der Waals surface area contributed by atoms with Crippen molar-refractivity contribution in [3.63, 3.8) is 0 Å². The second-order valence-electron chi connectivity index (χ2n) is 19.0. The maximum Gasteiger partial charge on any atom is 0.404 e. The van der Waals surface area contributed by atoms with E-state index in [1.54, 1.807) is 29.9 Å². The summed E-state index contributed by atoms with van der Waals surface area (Å²) in [5, 5.41) is 7.73. The van der Waals surface area contributed by atoms with Gasteiger partial charge in [-0.2, -0.15) is 9.40 Å². The zero-order valence-corrected chi connectivity index (χ0v) is 44.2. The van der Waals surface area contributed by atoms with Gasteiger partial charge < -0.3 is 50.7 Å². The third kappa shape index (κ3) is 9.17. The van der Waals surface area contributed by atoms with Crippen molar-refractivity contribution in [1.82, 2.24) is 48.5 Å². The molecular weight excluding hydrogens is 975 g/mol. The highest BCUT2D eigenvalue weighted by molar-refractivity contribution is 7.89. The number of para-hydroxylation sites is 1. The van der Waals surface area contributed by atoms with E-state index in [2.05, 4.69) is 20.3 Å². The van der Waals surface area contributed by atoms with Gasteiger partial charge in [-0.1, -0.05) is 31.5 Å². The molecule has 10 rings (SSSR count). The molecule has 0 unspecified atom stereocenters. The van der Waals surface area contributed by atoms with Crippen molar-refractivity contribution < 1.29 is 37.0 Å². The predicted octanol–water partition coefficient (Wildman–Crippen LogP) is 1.51. The van der Waals surface area contributed by atoms with Gasteiger partial charge in [-0.25, -0.2) is 22.9 Å². The van der Waals surface area contributed by atoms with E-state index in [0.717, 1.165) is 29.2 Å². The summed E-state index contributed by atoms with van der Waals surface area (Å²) in [5.41, 5.74) is 15.0. The van der Waals surface area contributed by atoms with E-state index in [1.807, 2.05) is 93.8 Å². The Balaban J connectivity index is 0.000000156. The minimum Gasteiger partial charge on any atom is -0.493 e. The molecule has 5 aliphatic rings. The number of primary amides is 1. The summed E-state index contributed by atoms with van der Waals surface area (Å²) in [6, 6.07) is 14.5. The zero-order chi connectivity index (χ0) is 53.7. The number of hydrogen-bond donors (Lipinski definition) is 4. The number of carbonyl (C=O) groups excluding carboxylic acids is 3. The van der Waals surface area contributed by atoms with Crippen molar-refractivity contribution in [3.05, 3.63) is 103 Å². The number of sulfonamides is 1. The van der Waals surface area contributed by atoms with Crippen LogP contribution in [0.25, 0.3) is 28.1 Å². The summed E-state index contributed by atoms with van der Waals surface area (Å²) < 4.78 is 49.8. The number of aromatic nitrogens is 6. The van der Waals surface area contributed by atoms with E-state index in [0.29, 0.717) is 73.8 Å². The number of nitrogens with zero attached hydrogens (tertiary/aromatic N) is 9. The quantitative estimate of drug-likeness (QED) is 0.102. The molecule has 0 spiro atoms. The van der Waals surface area contributed by atoms with Crippen molar-refractivity contribution in [3.8, 4) is 22.8 Å². The van der Waals surface area contributed by atoms with Gasteiger partial charge in [0.1, 0.15) is 29.4 Å². The van der Waals surface area contributed by atoms with Gasteiger partial charge in [0, 0.05) is 85.2 Å². The summed E-state index contributed by atoms with van der Waals surface area (Å²) in [7, 11) is 7.18. The number of H-pyrrole nitrogens is 1. The van der Waals surface area contributed by atoms with Gasteiger partial charge in [0.2, 0.25) is 21.6 Å². The van der Waals surface area contributed by atoms with Crippen LogP contribution in [-0.2, 0) is 49.6 Å². The standard InChI is InChI=1S/C22H30N6O4S.C15H18N4O5.C13H17N3O/c1-5-7-17-19-20(27(4)25-17)22(29)24-21(23-19)16-14-15(8-9-18(16)32-6-2)33(30,31)28-12-10-26(3)11-13-28;1-5-9(16)12(21)8-6(4-24-14(17)22)15(23-2)13-7(18-13)3-19(15)10(8)11(5)20;1-10-12(14(2)3)13(17)16(15(10)4)11-8-6-5-7-9-11/h8-9,14H,5-7,10-13H2,1-4H3,(H,23,24,29);6-7,13,18H,3-4,16H2,1-2H3,(H2,17,22);5-9H,1-4H3/t;6-,7+,13+,15-;/m.1./s1. The number of Topliss-reactive ketones (excluding diaryl/α,β-unsaturated/α-hetero) is 2. The van der Waals surface area contributed by atoms with Crippen molar-refractivity contribution >= 4 is 44.4 Å². The molecule has 3 fully saturated rings. The molecule has 24 heteroatoms. The number of benzene rings is 2. The Morgan fingerprint density at radius 1 is 0.973 bits per heavy atom. The van der Waals surface area contributed by atoms with E-state index >= 15 is 0 Å². The van der Waals surface area contributed by atoms with Crippen LogP contribution in [0.3, 0.4) is 0 Å². The van der Waals surface area contributed by atoms with Crippen LogP contribution >= 0.6 is 0 Å². The molecule has 1 amide bonds.